The van der Waals surface area contributed by atoms with E-state index >= 15 is 0 Å². The zero-order valence-electron chi connectivity index (χ0n) is 13.6. The molecule has 0 amide bonds. The van der Waals surface area contributed by atoms with Gasteiger partial charge in [-0.05, 0) is 12.5 Å². The highest BCUT2D eigenvalue weighted by Crippen LogP contribution is 2.43. The summed E-state index contributed by atoms with van der Waals surface area (Å²) in [6, 6.07) is 19.2. The van der Waals surface area contributed by atoms with Crippen LogP contribution in [0, 0.1) is 0 Å². The summed E-state index contributed by atoms with van der Waals surface area (Å²) in [7, 11) is 1.48. The van der Waals surface area contributed by atoms with Crippen molar-refractivity contribution in [3.63, 3.8) is 0 Å². The minimum atomic E-state index is -0.459. The first-order valence-electron chi connectivity index (χ1n) is 7.75. The Morgan fingerprint density at radius 3 is 2.08 bits per heavy atom. The molecule has 4 nitrogen and oxygen atoms in total. The van der Waals surface area contributed by atoms with E-state index < -0.39 is 5.97 Å². The number of carbonyl (C=O) groups excluding carboxylic acids is 1. The van der Waals surface area contributed by atoms with Crippen molar-refractivity contribution in [3.05, 3.63) is 66.2 Å². The Morgan fingerprint density at radius 2 is 1.54 bits per heavy atom. The number of hydrogen-bond acceptors (Lipinski definition) is 4. The monoisotopic (exact) mass is 322 g/mol. The number of carbonyl (C=O) groups is 1. The molecule has 0 N–H and O–H groups in total. The van der Waals surface area contributed by atoms with Gasteiger partial charge >= 0.3 is 5.97 Å². The Morgan fingerprint density at radius 1 is 0.958 bits per heavy atom. The van der Waals surface area contributed by atoms with E-state index in [9.17, 15) is 4.79 Å². The predicted octanol–water partition coefficient (Wildman–Crippen LogP) is 4.80. The molecule has 0 fully saturated rings. The minimum Gasteiger partial charge on any atom is -0.468 e. The first-order chi connectivity index (χ1) is 11.8. The molecule has 3 rings (SSSR count). The van der Waals surface area contributed by atoms with E-state index in [0.717, 1.165) is 11.1 Å². The first-order valence-corrected chi connectivity index (χ1v) is 7.75. The summed E-state index contributed by atoms with van der Waals surface area (Å²) >= 11 is 0. The van der Waals surface area contributed by atoms with Gasteiger partial charge in [0.15, 0.2) is 5.56 Å². The molecule has 1 aromatic heterocycles. The van der Waals surface area contributed by atoms with E-state index in [4.69, 9.17) is 13.9 Å². The van der Waals surface area contributed by atoms with Crippen LogP contribution in [0.5, 0.6) is 5.95 Å². The van der Waals surface area contributed by atoms with Gasteiger partial charge in [-0.15, -0.1) is 0 Å². The quantitative estimate of drug-likeness (QED) is 0.633. The average Bonchev–Trinajstić information content (AvgIpc) is 3.03. The van der Waals surface area contributed by atoms with Crippen LogP contribution < -0.4 is 4.74 Å². The molecular weight excluding hydrogens is 304 g/mol. The molecule has 0 atom stereocenters. The summed E-state index contributed by atoms with van der Waals surface area (Å²) in [6.45, 7) is 2.05. The Balaban J connectivity index is 2.28. The molecule has 0 aliphatic carbocycles. The van der Waals surface area contributed by atoms with Gasteiger partial charge in [-0.25, -0.2) is 4.79 Å². The number of ether oxygens (including phenoxy) is 2. The topological polar surface area (TPSA) is 48.7 Å². The summed E-state index contributed by atoms with van der Waals surface area (Å²) in [4.78, 5) is 12.5. The highest BCUT2D eigenvalue weighted by molar-refractivity contribution is 6.03. The van der Waals surface area contributed by atoms with Gasteiger partial charge in [-0.3, -0.25) is 0 Å². The van der Waals surface area contributed by atoms with E-state index in [1.54, 1.807) is 6.92 Å². The van der Waals surface area contributed by atoms with Crippen LogP contribution in [0.1, 0.15) is 17.3 Å². The maximum atomic E-state index is 12.5. The maximum absolute atomic E-state index is 12.5. The van der Waals surface area contributed by atoms with Crippen molar-refractivity contribution < 1.29 is 18.7 Å². The van der Waals surface area contributed by atoms with Crippen molar-refractivity contribution in [2.75, 3.05) is 13.7 Å². The molecule has 0 unspecified atom stereocenters. The zero-order chi connectivity index (χ0) is 16.9. The van der Waals surface area contributed by atoms with Crippen LogP contribution in [0.4, 0.5) is 0 Å². The number of esters is 1. The fourth-order valence-electron chi connectivity index (χ4n) is 2.62. The molecule has 0 aliphatic rings. The predicted molar refractivity (Wildman–Crippen MR) is 92.1 cm³/mol. The highest BCUT2D eigenvalue weighted by atomic mass is 16.6. The van der Waals surface area contributed by atoms with Crippen molar-refractivity contribution in [2.45, 2.75) is 6.92 Å². The number of benzene rings is 2. The van der Waals surface area contributed by atoms with Crippen molar-refractivity contribution in [2.24, 2.45) is 0 Å². The molecule has 0 radical (unpaired) electrons. The highest BCUT2D eigenvalue weighted by Gasteiger charge is 2.29. The molecule has 0 saturated carbocycles. The van der Waals surface area contributed by atoms with Gasteiger partial charge in [0.1, 0.15) is 5.76 Å². The SMILES string of the molecule is CCOC(=O)c1c(OC)oc(-c2ccccc2)c1-c1ccccc1. The molecular formula is C20H18O4. The molecule has 0 bridgehead atoms. The lowest BCUT2D eigenvalue weighted by atomic mass is 9.98. The number of rotatable bonds is 5. The molecule has 4 heteroatoms. The Kier molecular flexibility index (Phi) is 4.66. The van der Waals surface area contributed by atoms with Crippen LogP contribution in [0.2, 0.25) is 0 Å². The van der Waals surface area contributed by atoms with E-state index in [2.05, 4.69) is 0 Å². The smallest absolute Gasteiger partial charge is 0.346 e. The van der Waals surface area contributed by atoms with E-state index in [1.807, 2.05) is 60.7 Å². The van der Waals surface area contributed by atoms with Gasteiger partial charge in [0.2, 0.25) is 0 Å². The second kappa shape index (κ2) is 7.04. The van der Waals surface area contributed by atoms with E-state index in [-0.39, 0.29) is 12.6 Å². The summed E-state index contributed by atoms with van der Waals surface area (Å²) < 4.78 is 16.4. The third-order valence-electron chi connectivity index (χ3n) is 3.64. The molecule has 2 aromatic carbocycles. The largest absolute Gasteiger partial charge is 0.468 e. The second-order valence-corrected chi connectivity index (χ2v) is 5.13. The van der Waals surface area contributed by atoms with Crippen LogP contribution >= 0.6 is 0 Å². The van der Waals surface area contributed by atoms with Crippen molar-refractivity contribution in [3.8, 4) is 28.4 Å². The molecule has 0 saturated heterocycles. The molecule has 0 spiro atoms. The lowest BCUT2D eigenvalue weighted by Crippen LogP contribution is -2.06. The minimum absolute atomic E-state index is 0.158. The van der Waals surface area contributed by atoms with Gasteiger partial charge < -0.3 is 13.9 Å². The lowest BCUT2D eigenvalue weighted by molar-refractivity contribution is 0.0521. The maximum Gasteiger partial charge on any atom is 0.346 e. The van der Waals surface area contributed by atoms with Crippen LogP contribution in [0.3, 0.4) is 0 Å². The Hall–Kier alpha value is -3.01. The Labute approximate surface area is 140 Å². The standard InChI is InChI=1S/C20H18O4/c1-3-23-19(21)17-16(14-10-6-4-7-11-14)18(24-20(17)22-2)15-12-8-5-9-13-15/h4-13H,3H2,1-2H3. The van der Waals surface area contributed by atoms with Gasteiger partial charge in [-0.2, -0.15) is 0 Å². The van der Waals surface area contributed by atoms with Crippen molar-refractivity contribution in [1.82, 2.24) is 0 Å². The van der Waals surface area contributed by atoms with Crippen LogP contribution in [0.25, 0.3) is 22.5 Å². The summed E-state index contributed by atoms with van der Waals surface area (Å²) in [5.41, 5.74) is 2.72. The van der Waals surface area contributed by atoms with E-state index in [1.165, 1.54) is 7.11 Å². The zero-order valence-corrected chi connectivity index (χ0v) is 13.6. The summed E-state index contributed by atoms with van der Waals surface area (Å²) in [5.74, 6) is 0.284. The third kappa shape index (κ3) is 2.91. The fraction of sp³-hybridized carbons (Fsp3) is 0.150. The number of furan rings is 1. The molecule has 122 valence electrons. The third-order valence-corrected chi connectivity index (χ3v) is 3.64. The molecule has 1 heterocycles. The van der Waals surface area contributed by atoms with Crippen LogP contribution in [-0.2, 0) is 4.74 Å². The van der Waals surface area contributed by atoms with Crippen molar-refractivity contribution in [1.29, 1.82) is 0 Å². The van der Waals surface area contributed by atoms with Gasteiger partial charge in [-0.1, -0.05) is 60.7 Å². The number of methoxy groups -OCH3 is 1. The van der Waals surface area contributed by atoms with Gasteiger partial charge in [0.25, 0.3) is 5.95 Å². The lowest BCUT2D eigenvalue weighted by Gasteiger charge is -2.06. The molecule has 24 heavy (non-hydrogen) atoms. The normalized spacial score (nSPS) is 10.4. The van der Waals surface area contributed by atoms with Gasteiger partial charge in [0.05, 0.1) is 13.7 Å². The fourth-order valence-corrected chi connectivity index (χ4v) is 2.62. The van der Waals surface area contributed by atoms with Crippen LogP contribution in [-0.4, -0.2) is 19.7 Å². The number of hydrogen-bond donors (Lipinski definition) is 0. The summed E-state index contributed by atoms with van der Waals surface area (Å²) in [6.07, 6.45) is 0. The molecule has 0 aliphatic heterocycles. The van der Waals surface area contributed by atoms with Gasteiger partial charge in [0, 0.05) is 11.1 Å². The summed E-state index contributed by atoms with van der Waals surface area (Å²) in [5, 5.41) is 0. The first kappa shape index (κ1) is 15.9. The van der Waals surface area contributed by atoms with E-state index in [0.29, 0.717) is 16.9 Å². The Bertz CT molecular complexity index is 820. The van der Waals surface area contributed by atoms with Crippen molar-refractivity contribution >= 4 is 5.97 Å². The van der Waals surface area contributed by atoms with Crippen LogP contribution in [0.15, 0.2) is 65.1 Å². The molecule has 3 aromatic rings. The second-order valence-electron chi connectivity index (χ2n) is 5.13. The average molecular weight is 322 g/mol.